The quantitative estimate of drug-likeness (QED) is 0.884. The highest BCUT2D eigenvalue weighted by atomic mass is 15.3. The Morgan fingerprint density at radius 1 is 1.42 bits per heavy atom. The summed E-state index contributed by atoms with van der Waals surface area (Å²) in [5.74, 6) is 0. The van der Waals surface area contributed by atoms with Crippen molar-refractivity contribution in [2.75, 3.05) is 14.1 Å². The molecule has 1 fully saturated rings. The van der Waals surface area contributed by atoms with Crippen molar-refractivity contribution in [3.63, 3.8) is 0 Å². The topological polar surface area (TPSA) is 47.1 Å². The molecular formula is C15H28N4. The first kappa shape index (κ1) is 14.5. The Morgan fingerprint density at radius 2 is 2.05 bits per heavy atom. The maximum absolute atomic E-state index is 6.60. The van der Waals surface area contributed by atoms with Crippen LogP contribution in [-0.4, -0.2) is 40.4 Å². The molecule has 0 radical (unpaired) electrons. The third-order valence-electron chi connectivity index (χ3n) is 4.76. The number of hydrogen-bond donors (Lipinski definition) is 1. The molecule has 0 amide bonds. The number of aryl methyl sites for hydroxylation is 2. The van der Waals surface area contributed by atoms with Crippen molar-refractivity contribution < 1.29 is 0 Å². The molecule has 1 atom stereocenters. The van der Waals surface area contributed by atoms with E-state index in [1.54, 1.807) is 0 Å². The molecular weight excluding hydrogens is 236 g/mol. The Balaban J connectivity index is 2.17. The fourth-order valence-electron chi connectivity index (χ4n) is 3.59. The van der Waals surface area contributed by atoms with E-state index in [1.165, 1.54) is 31.4 Å². The molecule has 1 heterocycles. The second-order valence-corrected chi connectivity index (χ2v) is 6.11. The van der Waals surface area contributed by atoms with E-state index < -0.39 is 0 Å². The lowest BCUT2D eigenvalue weighted by atomic mass is 9.84. The summed E-state index contributed by atoms with van der Waals surface area (Å²) in [4.78, 5) is 2.35. The molecule has 1 aliphatic carbocycles. The van der Waals surface area contributed by atoms with Crippen LogP contribution in [0.4, 0.5) is 0 Å². The summed E-state index contributed by atoms with van der Waals surface area (Å²) in [5, 5.41) is 4.52. The first-order valence-corrected chi connectivity index (χ1v) is 7.46. The predicted octanol–water partition coefficient (Wildman–Crippen LogP) is 1.96. The van der Waals surface area contributed by atoms with Crippen LogP contribution in [0.5, 0.6) is 0 Å². The maximum atomic E-state index is 6.60. The number of nitrogens with two attached hydrogens (primary N) is 1. The molecule has 0 saturated heterocycles. The van der Waals surface area contributed by atoms with Gasteiger partial charge in [0.25, 0.3) is 0 Å². The van der Waals surface area contributed by atoms with Gasteiger partial charge in [0.2, 0.25) is 0 Å². The Kier molecular flexibility index (Phi) is 4.31. The van der Waals surface area contributed by atoms with Gasteiger partial charge in [0.05, 0.1) is 5.69 Å². The molecule has 1 saturated carbocycles. The number of likely N-dealkylation sites (N-methyl/N-ethyl adjacent to an activating group) is 1. The maximum Gasteiger partial charge on any atom is 0.0596 e. The normalized spacial score (nSPS) is 20.1. The van der Waals surface area contributed by atoms with Crippen LogP contribution in [0.3, 0.4) is 0 Å². The second kappa shape index (κ2) is 5.63. The summed E-state index contributed by atoms with van der Waals surface area (Å²) in [7, 11) is 4.35. The summed E-state index contributed by atoms with van der Waals surface area (Å²) in [6, 6.07) is 2.37. The van der Waals surface area contributed by atoms with Crippen LogP contribution >= 0.6 is 0 Å². The number of hydrogen-bond acceptors (Lipinski definition) is 3. The van der Waals surface area contributed by atoms with Crippen molar-refractivity contribution in [2.24, 2.45) is 5.73 Å². The average Bonchev–Trinajstić information content (AvgIpc) is 2.96. The minimum absolute atomic E-state index is 0.177. The minimum Gasteiger partial charge on any atom is -0.326 e. The predicted molar refractivity (Wildman–Crippen MR) is 79.2 cm³/mol. The Labute approximate surface area is 117 Å². The van der Waals surface area contributed by atoms with Gasteiger partial charge in [-0.15, -0.1) is 0 Å². The molecule has 108 valence electrons. The first-order chi connectivity index (χ1) is 8.99. The Hall–Kier alpha value is -0.870. The molecule has 1 aromatic heterocycles. The lowest BCUT2D eigenvalue weighted by Gasteiger charge is -2.41. The van der Waals surface area contributed by atoms with Gasteiger partial charge in [-0.25, -0.2) is 0 Å². The highest BCUT2D eigenvalue weighted by molar-refractivity contribution is 5.13. The van der Waals surface area contributed by atoms with Gasteiger partial charge < -0.3 is 10.6 Å². The molecule has 1 aliphatic rings. The van der Waals surface area contributed by atoms with Crippen molar-refractivity contribution in [3.8, 4) is 0 Å². The monoisotopic (exact) mass is 264 g/mol. The highest BCUT2D eigenvalue weighted by Gasteiger charge is 2.41. The zero-order valence-corrected chi connectivity index (χ0v) is 12.8. The van der Waals surface area contributed by atoms with Crippen LogP contribution in [0.25, 0.3) is 0 Å². The van der Waals surface area contributed by atoms with Gasteiger partial charge in [-0.05, 0) is 46.9 Å². The molecule has 4 nitrogen and oxygen atoms in total. The van der Waals surface area contributed by atoms with Gasteiger partial charge >= 0.3 is 0 Å². The van der Waals surface area contributed by atoms with Crippen molar-refractivity contribution in [2.45, 2.75) is 64.1 Å². The van der Waals surface area contributed by atoms with Crippen molar-refractivity contribution in [3.05, 3.63) is 17.5 Å². The van der Waals surface area contributed by atoms with Crippen LogP contribution in [0, 0.1) is 6.92 Å². The molecule has 4 heteroatoms. The lowest BCUT2D eigenvalue weighted by Crippen LogP contribution is -2.56. The highest BCUT2D eigenvalue weighted by Crippen LogP contribution is 2.37. The Bertz CT molecular complexity index is 416. The third-order valence-corrected chi connectivity index (χ3v) is 4.76. The van der Waals surface area contributed by atoms with E-state index in [4.69, 9.17) is 5.73 Å². The van der Waals surface area contributed by atoms with Crippen LogP contribution < -0.4 is 5.73 Å². The van der Waals surface area contributed by atoms with Gasteiger partial charge in [-0.3, -0.25) is 4.68 Å². The zero-order valence-electron chi connectivity index (χ0n) is 12.8. The molecule has 0 aliphatic heterocycles. The summed E-state index contributed by atoms with van der Waals surface area (Å²) < 4.78 is 2.09. The van der Waals surface area contributed by atoms with Crippen LogP contribution in [0.1, 0.15) is 44.0 Å². The molecule has 1 aromatic rings. The van der Waals surface area contributed by atoms with Gasteiger partial charge in [0.1, 0.15) is 0 Å². The smallest absolute Gasteiger partial charge is 0.0596 e. The second-order valence-electron chi connectivity index (χ2n) is 6.11. The SMILES string of the molecule is CCn1nc(C)cc1CC(N)C1(N(C)C)CCCC1. The Morgan fingerprint density at radius 3 is 2.58 bits per heavy atom. The number of nitrogens with zero attached hydrogens (tertiary/aromatic N) is 3. The van der Waals surface area contributed by atoms with Gasteiger partial charge in [0.15, 0.2) is 0 Å². The van der Waals surface area contributed by atoms with E-state index in [1.807, 2.05) is 0 Å². The number of rotatable bonds is 5. The van der Waals surface area contributed by atoms with Crippen LogP contribution in [0.2, 0.25) is 0 Å². The standard InChI is InChI=1S/C15H28N4/c1-5-19-13(10-12(2)17-19)11-14(16)15(18(3)4)8-6-7-9-15/h10,14H,5-9,11,16H2,1-4H3. The molecule has 1 unspecified atom stereocenters. The molecule has 2 N–H and O–H groups in total. The van der Waals surface area contributed by atoms with Gasteiger partial charge in [0, 0.05) is 30.2 Å². The molecule has 0 spiro atoms. The van der Waals surface area contributed by atoms with E-state index in [9.17, 15) is 0 Å². The van der Waals surface area contributed by atoms with Crippen molar-refractivity contribution in [1.29, 1.82) is 0 Å². The van der Waals surface area contributed by atoms with E-state index in [-0.39, 0.29) is 11.6 Å². The van der Waals surface area contributed by atoms with E-state index in [0.29, 0.717) is 0 Å². The molecule has 19 heavy (non-hydrogen) atoms. The number of aromatic nitrogens is 2. The minimum atomic E-state index is 0.177. The van der Waals surface area contributed by atoms with E-state index in [0.717, 1.165) is 18.7 Å². The summed E-state index contributed by atoms with van der Waals surface area (Å²) in [6.07, 6.45) is 5.98. The molecule has 0 aromatic carbocycles. The molecule has 0 bridgehead atoms. The summed E-state index contributed by atoms with van der Waals surface area (Å²) >= 11 is 0. The third kappa shape index (κ3) is 2.70. The fraction of sp³-hybridized carbons (Fsp3) is 0.800. The summed E-state index contributed by atoms with van der Waals surface area (Å²) in [6.45, 7) is 5.11. The zero-order chi connectivity index (χ0) is 14.0. The van der Waals surface area contributed by atoms with Gasteiger partial charge in [-0.1, -0.05) is 12.8 Å². The van der Waals surface area contributed by atoms with E-state index >= 15 is 0 Å². The van der Waals surface area contributed by atoms with Crippen LogP contribution in [-0.2, 0) is 13.0 Å². The first-order valence-electron chi connectivity index (χ1n) is 7.46. The van der Waals surface area contributed by atoms with Crippen molar-refractivity contribution >= 4 is 0 Å². The van der Waals surface area contributed by atoms with Crippen LogP contribution in [0.15, 0.2) is 6.07 Å². The summed E-state index contributed by atoms with van der Waals surface area (Å²) in [5.41, 5.74) is 9.14. The largest absolute Gasteiger partial charge is 0.326 e. The fourth-order valence-corrected chi connectivity index (χ4v) is 3.59. The van der Waals surface area contributed by atoms with Crippen molar-refractivity contribution in [1.82, 2.24) is 14.7 Å². The average molecular weight is 264 g/mol. The van der Waals surface area contributed by atoms with Gasteiger partial charge in [-0.2, -0.15) is 5.10 Å². The molecule has 2 rings (SSSR count). The lowest BCUT2D eigenvalue weighted by molar-refractivity contribution is 0.122. The van der Waals surface area contributed by atoms with E-state index in [2.05, 4.69) is 48.7 Å².